The zero-order valence-corrected chi connectivity index (χ0v) is 11.4. The lowest BCUT2D eigenvalue weighted by Crippen LogP contribution is -2.24. The van der Waals surface area contributed by atoms with Gasteiger partial charge in [0.25, 0.3) is 0 Å². The lowest BCUT2D eigenvalue weighted by Gasteiger charge is -2.05. The average Bonchev–Trinajstić information content (AvgIpc) is 2.76. The molecule has 94 valence electrons. The fourth-order valence-corrected chi connectivity index (χ4v) is 2.43. The third kappa shape index (κ3) is 3.40. The number of aromatic nitrogens is 1. The summed E-state index contributed by atoms with van der Waals surface area (Å²) in [5.41, 5.74) is 2.23. The van der Waals surface area contributed by atoms with Crippen LogP contribution in [0, 0.1) is 13.8 Å². The Hall–Kier alpha value is -1.68. The topological polar surface area (TPSA) is 42.0 Å². The quantitative estimate of drug-likeness (QED) is 0.918. The predicted molar refractivity (Wildman–Crippen MR) is 73.6 cm³/mol. The van der Waals surface area contributed by atoms with Crippen molar-refractivity contribution < 1.29 is 4.79 Å². The van der Waals surface area contributed by atoms with E-state index < -0.39 is 0 Å². The maximum atomic E-state index is 11.8. The molecule has 4 heteroatoms. The summed E-state index contributed by atoms with van der Waals surface area (Å²) in [6.07, 6.45) is 2.25. The Morgan fingerprint density at radius 3 is 2.78 bits per heavy atom. The molecule has 0 fully saturated rings. The number of aryl methyl sites for hydroxylation is 2. The molecule has 0 spiro atoms. The van der Waals surface area contributed by atoms with Crippen LogP contribution >= 0.6 is 11.3 Å². The molecule has 0 unspecified atom stereocenters. The van der Waals surface area contributed by atoms with Crippen LogP contribution in [0.4, 0.5) is 0 Å². The van der Waals surface area contributed by atoms with Gasteiger partial charge in [0.05, 0.1) is 13.0 Å². The van der Waals surface area contributed by atoms with Gasteiger partial charge in [-0.1, -0.05) is 24.3 Å². The summed E-state index contributed by atoms with van der Waals surface area (Å²) in [7, 11) is 0. The summed E-state index contributed by atoms with van der Waals surface area (Å²) in [5.74, 6) is 0.0390. The van der Waals surface area contributed by atoms with Crippen molar-refractivity contribution in [2.45, 2.75) is 26.8 Å². The number of hydrogen-bond donors (Lipinski definition) is 1. The van der Waals surface area contributed by atoms with E-state index in [0.29, 0.717) is 13.0 Å². The fourth-order valence-electron chi connectivity index (χ4n) is 1.70. The highest BCUT2D eigenvalue weighted by molar-refractivity contribution is 7.11. The number of hydrogen-bond acceptors (Lipinski definition) is 3. The van der Waals surface area contributed by atoms with E-state index in [-0.39, 0.29) is 5.91 Å². The summed E-state index contributed by atoms with van der Waals surface area (Å²) < 4.78 is 0. The first kappa shape index (κ1) is 12.8. The number of rotatable bonds is 4. The molecule has 0 aliphatic rings. The average molecular weight is 260 g/mol. The SMILES string of the molecule is Cc1cnc(CNC(=O)Cc2ccccc2C)s1. The first-order valence-electron chi connectivity index (χ1n) is 5.87. The maximum Gasteiger partial charge on any atom is 0.224 e. The van der Waals surface area contributed by atoms with Crippen LogP contribution in [0.2, 0.25) is 0 Å². The first-order chi connectivity index (χ1) is 8.65. The Labute approximate surface area is 111 Å². The van der Waals surface area contributed by atoms with E-state index in [2.05, 4.69) is 10.3 Å². The zero-order valence-electron chi connectivity index (χ0n) is 10.6. The van der Waals surface area contributed by atoms with Crippen LogP contribution in [-0.2, 0) is 17.8 Å². The van der Waals surface area contributed by atoms with E-state index in [1.165, 1.54) is 0 Å². The predicted octanol–water partition coefficient (Wildman–Crippen LogP) is 2.62. The maximum absolute atomic E-state index is 11.8. The van der Waals surface area contributed by atoms with Crippen LogP contribution in [-0.4, -0.2) is 10.9 Å². The van der Waals surface area contributed by atoms with E-state index in [1.807, 2.05) is 44.3 Å². The Morgan fingerprint density at radius 1 is 1.33 bits per heavy atom. The van der Waals surface area contributed by atoms with Crippen LogP contribution in [0.1, 0.15) is 21.0 Å². The first-order valence-corrected chi connectivity index (χ1v) is 6.69. The van der Waals surface area contributed by atoms with Crippen molar-refractivity contribution >= 4 is 17.2 Å². The molecule has 1 aromatic carbocycles. The van der Waals surface area contributed by atoms with Crippen LogP contribution in [0.5, 0.6) is 0 Å². The van der Waals surface area contributed by atoms with Crippen LogP contribution in [0.15, 0.2) is 30.5 Å². The highest BCUT2D eigenvalue weighted by Crippen LogP contribution is 2.11. The van der Waals surface area contributed by atoms with E-state index in [4.69, 9.17) is 0 Å². The molecule has 0 saturated heterocycles. The van der Waals surface area contributed by atoms with Crippen molar-refractivity contribution in [2.75, 3.05) is 0 Å². The highest BCUT2D eigenvalue weighted by atomic mass is 32.1. The van der Waals surface area contributed by atoms with Gasteiger partial charge in [-0.15, -0.1) is 11.3 Å². The molecule has 18 heavy (non-hydrogen) atoms. The van der Waals surface area contributed by atoms with E-state index in [0.717, 1.165) is 21.0 Å². The second-order valence-corrected chi connectivity index (χ2v) is 5.56. The Morgan fingerprint density at radius 2 is 2.11 bits per heavy atom. The lowest BCUT2D eigenvalue weighted by molar-refractivity contribution is -0.120. The van der Waals surface area contributed by atoms with Gasteiger partial charge < -0.3 is 5.32 Å². The molecule has 2 rings (SSSR count). The third-order valence-electron chi connectivity index (χ3n) is 2.72. The molecule has 1 heterocycles. The van der Waals surface area contributed by atoms with Gasteiger partial charge in [0, 0.05) is 11.1 Å². The second-order valence-electron chi connectivity index (χ2n) is 4.24. The van der Waals surface area contributed by atoms with Crippen LogP contribution < -0.4 is 5.32 Å². The number of carbonyl (C=O) groups is 1. The van der Waals surface area contributed by atoms with Crippen molar-refractivity contribution in [2.24, 2.45) is 0 Å². The molecule has 0 atom stereocenters. The molecular weight excluding hydrogens is 244 g/mol. The molecular formula is C14H16N2OS. The molecule has 1 aromatic heterocycles. The van der Waals surface area contributed by atoms with Gasteiger partial charge in [0.15, 0.2) is 0 Å². The monoisotopic (exact) mass is 260 g/mol. The molecule has 0 radical (unpaired) electrons. The van der Waals surface area contributed by atoms with Crippen molar-refractivity contribution in [3.8, 4) is 0 Å². The van der Waals surface area contributed by atoms with Crippen LogP contribution in [0.25, 0.3) is 0 Å². The van der Waals surface area contributed by atoms with Crippen molar-refractivity contribution in [3.63, 3.8) is 0 Å². The van der Waals surface area contributed by atoms with E-state index in [9.17, 15) is 4.79 Å². The number of amides is 1. The van der Waals surface area contributed by atoms with Gasteiger partial charge in [-0.05, 0) is 25.0 Å². The number of nitrogens with one attached hydrogen (secondary N) is 1. The number of thiazole rings is 1. The standard InChI is InChI=1S/C14H16N2OS/c1-10-5-3-4-6-12(10)7-13(17)15-9-14-16-8-11(2)18-14/h3-6,8H,7,9H2,1-2H3,(H,15,17). The van der Waals surface area contributed by atoms with Crippen molar-refractivity contribution in [1.82, 2.24) is 10.3 Å². The van der Waals surface area contributed by atoms with Crippen molar-refractivity contribution in [3.05, 3.63) is 51.5 Å². The minimum atomic E-state index is 0.0390. The minimum absolute atomic E-state index is 0.0390. The second kappa shape index (κ2) is 5.78. The highest BCUT2D eigenvalue weighted by Gasteiger charge is 2.06. The Balaban J connectivity index is 1.88. The van der Waals surface area contributed by atoms with Crippen LogP contribution in [0.3, 0.4) is 0 Å². The zero-order chi connectivity index (χ0) is 13.0. The smallest absolute Gasteiger partial charge is 0.224 e. The molecule has 1 N–H and O–H groups in total. The summed E-state index contributed by atoms with van der Waals surface area (Å²) >= 11 is 1.61. The Kier molecular flexibility index (Phi) is 4.10. The summed E-state index contributed by atoms with van der Waals surface area (Å²) in [4.78, 5) is 17.2. The third-order valence-corrected chi connectivity index (χ3v) is 3.63. The summed E-state index contributed by atoms with van der Waals surface area (Å²) in [6, 6.07) is 7.95. The van der Waals surface area contributed by atoms with E-state index >= 15 is 0 Å². The largest absolute Gasteiger partial charge is 0.349 e. The molecule has 0 bridgehead atoms. The molecule has 0 aliphatic heterocycles. The number of carbonyl (C=O) groups excluding carboxylic acids is 1. The van der Waals surface area contributed by atoms with Crippen molar-refractivity contribution in [1.29, 1.82) is 0 Å². The summed E-state index contributed by atoms with van der Waals surface area (Å²) in [5, 5.41) is 3.85. The van der Waals surface area contributed by atoms with Gasteiger partial charge in [0.1, 0.15) is 5.01 Å². The van der Waals surface area contributed by atoms with Gasteiger partial charge >= 0.3 is 0 Å². The van der Waals surface area contributed by atoms with Gasteiger partial charge in [-0.3, -0.25) is 4.79 Å². The minimum Gasteiger partial charge on any atom is -0.349 e. The molecule has 0 saturated carbocycles. The lowest BCUT2D eigenvalue weighted by atomic mass is 10.1. The van der Waals surface area contributed by atoms with Gasteiger partial charge in [-0.2, -0.15) is 0 Å². The molecule has 2 aromatic rings. The molecule has 3 nitrogen and oxygen atoms in total. The summed E-state index contributed by atoms with van der Waals surface area (Å²) in [6.45, 7) is 4.55. The molecule has 0 aliphatic carbocycles. The Bertz CT molecular complexity index is 548. The van der Waals surface area contributed by atoms with Gasteiger partial charge in [-0.25, -0.2) is 4.98 Å². The number of benzene rings is 1. The van der Waals surface area contributed by atoms with Gasteiger partial charge in [0.2, 0.25) is 5.91 Å². The fraction of sp³-hybridized carbons (Fsp3) is 0.286. The van der Waals surface area contributed by atoms with E-state index in [1.54, 1.807) is 11.3 Å². The molecule has 1 amide bonds. The normalized spacial score (nSPS) is 10.3. The number of nitrogens with zero attached hydrogens (tertiary/aromatic N) is 1.